The topological polar surface area (TPSA) is 70.5 Å². The van der Waals surface area contributed by atoms with E-state index in [1.807, 2.05) is 13.8 Å². The zero-order valence-electron chi connectivity index (χ0n) is 6.59. The summed E-state index contributed by atoms with van der Waals surface area (Å²) >= 11 is 0. The van der Waals surface area contributed by atoms with Crippen LogP contribution in [0.15, 0.2) is 0 Å². The van der Waals surface area contributed by atoms with Crippen molar-refractivity contribution in [3.05, 3.63) is 0 Å². The van der Waals surface area contributed by atoms with E-state index in [9.17, 15) is 0 Å². The predicted molar refractivity (Wildman–Crippen MR) is 39.2 cm³/mol. The molecular weight excluding hydrogens is 132 g/mol. The summed E-state index contributed by atoms with van der Waals surface area (Å²) in [7, 11) is 0. The van der Waals surface area contributed by atoms with E-state index >= 15 is 0 Å². The molecule has 0 aliphatic carbocycles. The van der Waals surface area contributed by atoms with Crippen LogP contribution in [-0.4, -0.2) is 25.7 Å². The maximum atomic E-state index is 5.44. The standard InChI is InChI=1S/C6H16N2O2/c1-3-9-5-6(7,8)10-4-2/h3-5,7-8H2,1-2H3. The molecule has 0 aromatic heterocycles. The van der Waals surface area contributed by atoms with Gasteiger partial charge in [0.15, 0.2) is 5.85 Å². The van der Waals surface area contributed by atoms with Crippen molar-refractivity contribution in [3.63, 3.8) is 0 Å². The van der Waals surface area contributed by atoms with Gasteiger partial charge < -0.3 is 9.47 Å². The van der Waals surface area contributed by atoms with E-state index in [-0.39, 0.29) is 6.61 Å². The summed E-state index contributed by atoms with van der Waals surface area (Å²) < 4.78 is 9.94. The molecule has 0 aromatic rings. The van der Waals surface area contributed by atoms with E-state index in [0.29, 0.717) is 13.2 Å². The van der Waals surface area contributed by atoms with Crippen LogP contribution in [0.25, 0.3) is 0 Å². The molecule has 0 radical (unpaired) electrons. The fourth-order valence-corrected chi connectivity index (χ4v) is 0.572. The molecule has 0 aromatic carbocycles. The number of ether oxygens (including phenoxy) is 2. The molecule has 0 saturated carbocycles. The van der Waals surface area contributed by atoms with Crippen LogP contribution in [0.1, 0.15) is 13.8 Å². The highest BCUT2D eigenvalue weighted by Gasteiger charge is 2.17. The molecule has 0 aliphatic heterocycles. The third-order valence-corrected chi connectivity index (χ3v) is 0.945. The molecule has 0 spiro atoms. The Hall–Kier alpha value is -0.160. The van der Waals surface area contributed by atoms with Crippen molar-refractivity contribution in [2.24, 2.45) is 11.5 Å². The first-order valence-corrected chi connectivity index (χ1v) is 3.42. The lowest BCUT2D eigenvalue weighted by Gasteiger charge is -2.23. The number of hydrogen-bond acceptors (Lipinski definition) is 4. The molecule has 0 heterocycles. The van der Waals surface area contributed by atoms with E-state index in [4.69, 9.17) is 20.9 Å². The summed E-state index contributed by atoms with van der Waals surface area (Å²) in [4.78, 5) is 0. The smallest absolute Gasteiger partial charge is 0.193 e. The van der Waals surface area contributed by atoms with Crippen LogP contribution in [0.2, 0.25) is 0 Å². The molecule has 62 valence electrons. The molecule has 0 rings (SSSR count). The Balaban J connectivity index is 3.42. The molecular formula is C6H16N2O2. The zero-order chi connectivity index (χ0) is 8.04. The van der Waals surface area contributed by atoms with Gasteiger partial charge >= 0.3 is 0 Å². The number of hydrogen-bond donors (Lipinski definition) is 2. The molecule has 0 aliphatic rings. The van der Waals surface area contributed by atoms with Crippen LogP contribution in [0, 0.1) is 0 Å². The molecule has 4 N–H and O–H groups in total. The summed E-state index contributed by atoms with van der Waals surface area (Å²) in [5, 5.41) is 0. The lowest BCUT2D eigenvalue weighted by molar-refractivity contribution is -0.0847. The Morgan fingerprint density at radius 2 is 1.80 bits per heavy atom. The van der Waals surface area contributed by atoms with Gasteiger partial charge in [-0.3, -0.25) is 11.5 Å². The van der Waals surface area contributed by atoms with Crippen molar-refractivity contribution in [1.82, 2.24) is 0 Å². The van der Waals surface area contributed by atoms with Crippen molar-refractivity contribution in [2.75, 3.05) is 19.8 Å². The highest BCUT2D eigenvalue weighted by atomic mass is 16.6. The first-order valence-electron chi connectivity index (χ1n) is 3.42. The van der Waals surface area contributed by atoms with Gasteiger partial charge in [-0.25, -0.2) is 0 Å². The Bertz CT molecular complexity index is 85.8. The molecule has 4 nitrogen and oxygen atoms in total. The molecule has 0 fully saturated rings. The van der Waals surface area contributed by atoms with Gasteiger partial charge in [-0.2, -0.15) is 0 Å². The van der Waals surface area contributed by atoms with E-state index in [0.717, 1.165) is 0 Å². The largest absolute Gasteiger partial charge is 0.376 e. The van der Waals surface area contributed by atoms with E-state index in [1.165, 1.54) is 0 Å². The molecule has 0 amide bonds. The highest BCUT2D eigenvalue weighted by Crippen LogP contribution is 1.93. The number of rotatable bonds is 5. The molecule has 0 unspecified atom stereocenters. The van der Waals surface area contributed by atoms with Crippen LogP contribution in [0.3, 0.4) is 0 Å². The minimum absolute atomic E-state index is 0.233. The van der Waals surface area contributed by atoms with Gasteiger partial charge in [0.2, 0.25) is 0 Å². The van der Waals surface area contributed by atoms with Gasteiger partial charge in [-0.05, 0) is 13.8 Å². The van der Waals surface area contributed by atoms with Crippen LogP contribution in [-0.2, 0) is 9.47 Å². The van der Waals surface area contributed by atoms with Gasteiger partial charge in [0.05, 0.1) is 0 Å². The average Bonchev–Trinajstić information content (AvgIpc) is 1.84. The third kappa shape index (κ3) is 4.69. The van der Waals surface area contributed by atoms with Crippen LogP contribution >= 0.6 is 0 Å². The maximum absolute atomic E-state index is 5.44. The lowest BCUT2D eigenvalue weighted by Crippen LogP contribution is -2.55. The van der Waals surface area contributed by atoms with Crippen LogP contribution in [0.4, 0.5) is 0 Å². The fourth-order valence-electron chi connectivity index (χ4n) is 0.572. The highest BCUT2D eigenvalue weighted by molar-refractivity contribution is 4.61. The summed E-state index contributed by atoms with van der Waals surface area (Å²) in [5.41, 5.74) is 10.9. The van der Waals surface area contributed by atoms with Gasteiger partial charge in [0.25, 0.3) is 0 Å². The second-order valence-corrected chi connectivity index (χ2v) is 2.03. The third-order valence-electron chi connectivity index (χ3n) is 0.945. The molecule has 4 heteroatoms. The van der Waals surface area contributed by atoms with Gasteiger partial charge in [0, 0.05) is 13.2 Å². The Labute approximate surface area is 61.5 Å². The minimum atomic E-state index is -1.12. The first-order chi connectivity index (χ1) is 4.62. The molecule has 10 heavy (non-hydrogen) atoms. The van der Waals surface area contributed by atoms with Crippen molar-refractivity contribution in [2.45, 2.75) is 19.7 Å². The fraction of sp³-hybridized carbons (Fsp3) is 1.00. The van der Waals surface area contributed by atoms with Crippen LogP contribution in [0.5, 0.6) is 0 Å². The summed E-state index contributed by atoms with van der Waals surface area (Å²) in [5.74, 6) is -1.12. The Morgan fingerprint density at radius 3 is 2.20 bits per heavy atom. The van der Waals surface area contributed by atoms with E-state index in [2.05, 4.69) is 0 Å². The van der Waals surface area contributed by atoms with Gasteiger partial charge in [-0.15, -0.1) is 0 Å². The number of nitrogens with two attached hydrogens (primary N) is 2. The maximum Gasteiger partial charge on any atom is 0.193 e. The lowest BCUT2D eigenvalue weighted by atomic mass is 10.5. The van der Waals surface area contributed by atoms with Crippen LogP contribution < -0.4 is 11.5 Å². The first kappa shape index (κ1) is 9.84. The van der Waals surface area contributed by atoms with Gasteiger partial charge in [0.1, 0.15) is 6.61 Å². The normalized spacial score (nSPS) is 12.0. The Kier molecular flexibility index (Phi) is 4.55. The second-order valence-electron chi connectivity index (χ2n) is 2.03. The molecule has 0 atom stereocenters. The second kappa shape index (κ2) is 4.62. The van der Waals surface area contributed by atoms with Crippen molar-refractivity contribution in [3.8, 4) is 0 Å². The summed E-state index contributed by atoms with van der Waals surface area (Å²) in [6.07, 6.45) is 0. The quantitative estimate of drug-likeness (QED) is 0.522. The predicted octanol–water partition coefficient (Wildman–Crippen LogP) is -0.369. The SMILES string of the molecule is CCOCC(N)(N)OCC. The summed E-state index contributed by atoms with van der Waals surface area (Å²) in [6.45, 7) is 5.04. The monoisotopic (exact) mass is 148 g/mol. The molecule has 0 bridgehead atoms. The average molecular weight is 148 g/mol. The van der Waals surface area contributed by atoms with Crippen molar-refractivity contribution < 1.29 is 9.47 Å². The zero-order valence-corrected chi connectivity index (χ0v) is 6.59. The van der Waals surface area contributed by atoms with Crippen molar-refractivity contribution in [1.29, 1.82) is 0 Å². The van der Waals surface area contributed by atoms with Crippen molar-refractivity contribution >= 4 is 0 Å². The van der Waals surface area contributed by atoms with E-state index < -0.39 is 5.85 Å². The van der Waals surface area contributed by atoms with E-state index in [1.54, 1.807) is 0 Å². The van der Waals surface area contributed by atoms with Gasteiger partial charge in [-0.1, -0.05) is 0 Å². The molecule has 0 saturated heterocycles. The Morgan fingerprint density at radius 1 is 1.20 bits per heavy atom. The summed E-state index contributed by atoms with van der Waals surface area (Å²) in [6, 6.07) is 0. The minimum Gasteiger partial charge on any atom is -0.376 e.